The van der Waals surface area contributed by atoms with Crippen LogP contribution in [0.25, 0.3) is 0 Å². The monoisotopic (exact) mass is 435 g/mol. The number of nitrogens with zero attached hydrogens (tertiary/aromatic N) is 1. The van der Waals surface area contributed by atoms with Crippen LogP contribution in [0, 0.1) is 5.41 Å². The van der Waals surface area contributed by atoms with Gasteiger partial charge in [0.1, 0.15) is 0 Å². The summed E-state index contributed by atoms with van der Waals surface area (Å²) in [5.41, 5.74) is 8.96. The van der Waals surface area contributed by atoms with Crippen molar-refractivity contribution in [1.82, 2.24) is 0 Å². The Morgan fingerprint density at radius 2 is 0.906 bits per heavy atom. The summed E-state index contributed by atoms with van der Waals surface area (Å²) >= 11 is 0. The van der Waals surface area contributed by atoms with Crippen molar-refractivity contribution in [2.75, 3.05) is 0 Å². The van der Waals surface area contributed by atoms with Gasteiger partial charge in [-0.2, -0.15) is 0 Å². The summed E-state index contributed by atoms with van der Waals surface area (Å²) in [6.45, 7) is 27.0. The third-order valence-corrected chi connectivity index (χ3v) is 6.05. The zero-order valence-corrected chi connectivity index (χ0v) is 22.2. The fraction of sp³-hybridized carbons (Fsp3) is 0.581. The first kappa shape index (κ1) is 28.1. The van der Waals surface area contributed by atoms with E-state index in [4.69, 9.17) is 4.99 Å². The van der Waals surface area contributed by atoms with E-state index in [0.29, 0.717) is 0 Å². The molecule has 0 aliphatic carbocycles. The Kier molecular flexibility index (Phi) is 8.39. The average Bonchev–Trinajstić information content (AvgIpc) is 3.04. The Hall–Kier alpha value is -1.89. The molecule has 1 heteroatoms. The summed E-state index contributed by atoms with van der Waals surface area (Å²) in [7, 11) is 0. The van der Waals surface area contributed by atoms with Gasteiger partial charge in [-0.1, -0.05) is 127 Å². The Morgan fingerprint density at radius 1 is 0.531 bits per heavy atom. The van der Waals surface area contributed by atoms with E-state index in [2.05, 4.69) is 126 Å². The number of hydrogen-bond donors (Lipinski definition) is 0. The van der Waals surface area contributed by atoms with Crippen molar-refractivity contribution >= 4 is 11.4 Å². The number of rotatable bonds is 0. The molecule has 0 N–H and O–H groups in total. The lowest BCUT2D eigenvalue weighted by Crippen LogP contribution is -2.19. The summed E-state index contributed by atoms with van der Waals surface area (Å²) in [6, 6.07) is 15.8. The van der Waals surface area contributed by atoms with Crippen LogP contribution in [0.1, 0.15) is 113 Å². The molecule has 32 heavy (non-hydrogen) atoms. The van der Waals surface area contributed by atoms with Crippen LogP contribution in [-0.4, -0.2) is 5.71 Å². The third kappa shape index (κ3) is 7.32. The molecule has 0 atom stereocenters. The Morgan fingerprint density at radius 3 is 1.25 bits per heavy atom. The second-order valence-electron chi connectivity index (χ2n) is 13.2. The van der Waals surface area contributed by atoms with Gasteiger partial charge in [0.2, 0.25) is 0 Å². The summed E-state index contributed by atoms with van der Waals surface area (Å²) < 4.78 is 0. The Labute approximate surface area is 199 Å². The van der Waals surface area contributed by atoms with Crippen molar-refractivity contribution in [3.05, 3.63) is 64.7 Å². The van der Waals surface area contributed by atoms with Crippen LogP contribution in [0.2, 0.25) is 0 Å². The maximum Gasteiger partial charge on any atom is 0.0668 e. The lowest BCUT2D eigenvalue weighted by Gasteiger charge is -2.23. The molecule has 178 valence electrons. The predicted octanol–water partition coefficient (Wildman–Crippen LogP) is 9.58. The molecule has 0 bridgehead atoms. The molecular weight excluding hydrogens is 386 g/mol. The first-order chi connectivity index (χ1) is 13.9. The van der Waals surface area contributed by atoms with Gasteiger partial charge in [0.15, 0.2) is 0 Å². The number of benzene rings is 2. The summed E-state index contributed by atoms with van der Waals surface area (Å²) in [5.74, 6) is 0. The molecule has 0 saturated heterocycles. The van der Waals surface area contributed by atoms with Crippen LogP contribution in [0.15, 0.2) is 47.5 Å². The summed E-state index contributed by atoms with van der Waals surface area (Å²) in [6.07, 6.45) is 1.02. The molecule has 0 unspecified atom stereocenters. The molecule has 0 aromatic heterocycles. The predicted molar refractivity (Wildman–Crippen MR) is 146 cm³/mol. The second-order valence-corrected chi connectivity index (χ2v) is 13.2. The van der Waals surface area contributed by atoms with E-state index in [1.54, 1.807) is 0 Å². The van der Waals surface area contributed by atoms with E-state index in [1.807, 2.05) is 0 Å². The van der Waals surface area contributed by atoms with Crippen molar-refractivity contribution in [3.8, 4) is 0 Å². The maximum absolute atomic E-state index is 4.81. The topological polar surface area (TPSA) is 12.4 Å². The standard InChI is InChI=1S/C16H23N.C14H22.CH4/c1-15(2,3)12-8-7-11-9-14(16(4,5)6)17-13(11)10-12;1-13(2,3)11-7-9-12(10-8-11)14(4,5)6;/h7-8,10H,9H2,1-6H3;7-10H,1-6H3;1H4. The molecule has 0 fully saturated rings. The smallest absolute Gasteiger partial charge is 0.0668 e. The van der Waals surface area contributed by atoms with Gasteiger partial charge in [0, 0.05) is 17.5 Å². The molecule has 0 amide bonds. The van der Waals surface area contributed by atoms with Gasteiger partial charge in [-0.25, -0.2) is 0 Å². The minimum atomic E-state index is 0. The molecule has 0 spiro atoms. The van der Waals surface area contributed by atoms with Crippen molar-refractivity contribution in [1.29, 1.82) is 0 Å². The molecule has 3 rings (SSSR count). The quantitative estimate of drug-likeness (QED) is 0.390. The normalized spacial score (nSPS) is 14.1. The van der Waals surface area contributed by atoms with E-state index >= 15 is 0 Å². The van der Waals surface area contributed by atoms with Gasteiger partial charge in [-0.05, 0) is 44.6 Å². The van der Waals surface area contributed by atoms with Gasteiger partial charge in [0.05, 0.1) is 5.69 Å². The van der Waals surface area contributed by atoms with Gasteiger partial charge in [-0.15, -0.1) is 0 Å². The molecule has 2 aromatic rings. The maximum atomic E-state index is 4.81. The highest BCUT2D eigenvalue weighted by molar-refractivity contribution is 5.97. The van der Waals surface area contributed by atoms with E-state index in [9.17, 15) is 0 Å². The third-order valence-electron chi connectivity index (χ3n) is 6.05. The highest BCUT2D eigenvalue weighted by Gasteiger charge is 2.26. The van der Waals surface area contributed by atoms with Crippen LogP contribution < -0.4 is 0 Å². The van der Waals surface area contributed by atoms with Gasteiger partial charge < -0.3 is 0 Å². The molecular formula is C31H49N. The molecule has 1 aliphatic rings. The van der Waals surface area contributed by atoms with E-state index < -0.39 is 0 Å². The van der Waals surface area contributed by atoms with Crippen LogP contribution >= 0.6 is 0 Å². The summed E-state index contributed by atoms with van der Waals surface area (Å²) in [5, 5.41) is 0. The van der Waals surface area contributed by atoms with Gasteiger partial charge in [0.25, 0.3) is 0 Å². The lowest BCUT2D eigenvalue weighted by atomic mass is 9.82. The largest absolute Gasteiger partial charge is 0.257 e. The zero-order valence-electron chi connectivity index (χ0n) is 22.2. The fourth-order valence-electron chi connectivity index (χ4n) is 3.55. The van der Waals surface area contributed by atoms with Crippen LogP contribution in [0.3, 0.4) is 0 Å². The first-order valence-corrected chi connectivity index (χ1v) is 11.7. The van der Waals surface area contributed by atoms with Crippen LogP contribution in [0.5, 0.6) is 0 Å². The van der Waals surface area contributed by atoms with Gasteiger partial charge in [-0.3, -0.25) is 4.99 Å². The van der Waals surface area contributed by atoms with E-state index in [0.717, 1.165) is 6.42 Å². The number of fused-ring (bicyclic) bond motifs is 1. The first-order valence-electron chi connectivity index (χ1n) is 11.7. The second kappa shape index (κ2) is 9.54. The van der Waals surface area contributed by atoms with Crippen molar-refractivity contribution in [3.63, 3.8) is 0 Å². The number of aliphatic imine (C=N–C) groups is 1. The Bertz CT molecular complexity index is 882. The average molecular weight is 436 g/mol. The SMILES string of the molecule is C.CC(C)(C)C1=Nc2cc(C(C)(C)C)ccc2C1.CC(C)(C)c1ccc(C(C)(C)C)cc1. The van der Waals surface area contributed by atoms with Crippen molar-refractivity contribution in [2.24, 2.45) is 10.4 Å². The minimum absolute atomic E-state index is 0. The molecule has 1 aliphatic heterocycles. The fourth-order valence-corrected chi connectivity index (χ4v) is 3.55. The van der Waals surface area contributed by atoms with Gasteiger partial charge >= 0.3 is 0 Å². The Balaban J connectivity index is 0.000000316. The highest BCUT2D eigenvalue weighted by Crippen LogP contribution is 2.36. The zero-order chi connectivity index (χ0) is 23.8. The van der Waals surface area contributed by atoms with E-state index in [-0.39, 0.29) is 29.1 Å². The van der Waals surface area contributed by atoms with Crippen molar-refractivity contribution in [2.45, 2.75) is 113 Å². The molecule has 0 radical (unpaired) electrons. The van der Waals surface area contributed by atoms with Crippen LogP contribution in [-0.2, 0) is 22.7 Å². The highest BCUT2D eigenvalue weighted by atomic mass is 14.8. The van der Waals surface area contributed by atoms with Crippen LogP contribution in [0.4, 0.5) is 5.69 Å². The number of hydrogen-bond acceptors (Lipinski definition) is 1. The lowest BCUT2D eigenvalue weighted by molar-refractivity contribution is 0.577. The molecule has 0 saturated carbocycles. The summed E-state index contributed by atoms with van der Waals surface area (Å²) in [4.78, 5) is 4.81. The van der Waals surface area contributed by atoms with E-state index in [1.165, 1.54) is 33.7 Å². The minimum Gasteiger partial charge on any atom is -0.257 e. The van der Waals surface area contributed by atoms with Crippen molar-refractivity contribution < 1.29 is 0 Å². The molecule has 2 aromatic carbocycles. The molecule has 1 nitrogen and oxygen atoms in total. The molecule has 1 heterocycles.